The van der Waals surface area contributed by atoms with Gasteiger partial charge in [-0.05, 0) is 31.2 Å². The predicted molar refractivity (Wildman–Crippen MR) is 105 cm³/mol. The number of anilines is 1. The lowest BCUT2D eigenvalue weighted by atomic mass is 10.1. The van der Waals surface area contributed by atoms with E-state index in [0.717, 1.165) is 22.6 Å². The molecule has 4 nitrogen and oxygen atoms in total. The Balaban J connectivity index is 1.88. The first-order valence-corrected chi connectivity index (χ1v) is 8.62. The Morgan fingerprint density at radius 1 is 0.962 bits per heavy atom. The van der Waals surface area contributed by atoms with Gasteiger partial charge in [0.2, 0.25) is 0 Å². The summed E-state index contributed by atoms with van der Waals surface area (Å²) in [5, 5.41) is 3.42. The van der Waals surface area contributed by atoms with Crippen LogP contribution in [-0.2, 0) is 0 Å². The summed E-state index contributed by atoms with van der Waals surface area (Å²) in [6.07, 6.45) is 0. The maximum Gasteiger partial charge on any atom is 0.258 e. The zero-order valence-corrected chi connectivity index (χ0v) is 14.9. The molecule has 26 heavy (non-hydrogen) atoms. The fraction of sp³-hybridized carbons (Fsp3) is 0.0476. The molecule has 4 aromatic rings. The van der Waals surface area contributed by atoms with Crippen molar-refractivity contribution in [3.05, 3.63) is 89.1 Å². The van der Waals surface area contributed by atoms with Gasteiger partial charge in [0.1, 0.15) is 17.2 Å². The van der Waals surface area contributed by atoms with E-state index in [9.17, 15) is 4.79 Å². The standard InChI is InChI=1S/C21H16ClN3O/c1-14-8-7-13-18-23-19(15-9-3-2-4-10-15)20(25(14)18)24-21(26)16-11-5-6-12-17(16)22/h2-13H,1H3,(H,24,26). The summed E-state index contributed by atoms with van der Waals surface area (Å²) in [7, 11) is 0. The molecule has 1 N–H and O–H groups in total. The number of fused-ring (bicyclic) bond motifs is 1. The molecule has 0 atom stereocenters. The molecule has 128 valence electrons. The third kappa shape index (κ3) is 2.85. The number of aromatic nitrogens is 2. The quantitative estimate of drug-likeness (QED) is 0.544. The van der Waals surface area contributed by atoms with Crippen LogP contribution in [0.4, 0.5) is 5.82 Å². The van der Waals surface area contributed by atoms with Gasteiger partial charge in [-0.25, -0.2) is 4.98 Å². The molecule has 1 amide bonds. The monoisotopic (exact) mass is 361 g/mol. The van der Waals surface area contributed by atoms with Gasteiger partial charge in [-0.1, -0.05) is 60.1 Å². The third-order valence-electron chi connectivity index (χ3n) is 4.24. The number of hydrogen-bond donors (Lipinski definition) is 1. The largest absolute Gasteiger partial charge is 0.306 e. The number of amides is 1. The smallest absolute Gasteiger partial charge is 0.258 e. The van der Waals surface area contributed by atoms with Crippen molar-refractivity contribution in [3.8, 4) is 11.3 Å². The van der Waals surface area contributed by atoms with Crippen molar-refractivity contribution in [2.24, 2.45) is 0 Å². The summed E-state index contributed by atoms with van der Waals surface area (Å²) in [5.74, 6) is 0.368. The van der Waals surface area contributed by atoms with E-state index in [1.165, 1.54) is 0 Å². The van der Waals surface area contributed by atoms with E-state index in [1.807, 2.05) is 59.9 Å². The molecule has 0 unspecified atom stereocenters. The number of benzene rings is 2. The van der Waals surface area contributed by atoms with Crippen LogP contribution in [-0.4, -0.2) is 15.3 Å². The zero-order valence-electron chi connectivity index (χ0n) is 14.1. The summed E-state index contributed by atoms with van der Waals surface area (Å²) < 4.78 is 1.94. The van der Waals surface area contributed by atoms with Gasteiger partial charge in [0.05, 0.1) is 10.6 Å². The highest BCUT2D eigenvalue weighted by atomic mass is 35.5. The Morgan fingerprint density at radius 2 is 1.69 bits per heavy atom. The highest BCUT2D eigenvalue weighted by Crippen LogP contribution is 2.30. The van der Waals surface area contributed by atoms with E-state index in [0.29, 0.717) is 16.4 Å². The summed E-state index contributed by atoms with van der Waals surface area (Å²) in [6, 6.07) is 22.6. The number of rotatable bonds is 3. The Morgan fingerprint density at radius 3 is 2.46 bits per heavy atom. The average Bonchev–Trinajstić information content (AvgIpc) is 3.02. The molecule has 0 bridgehead atoms. The predicted octanol–water partition coefficient (Wildman–Crippen LogP) is 5.22. The van der Waals surface area contributed by atoms with Gasteiger partial charge >= 0.3 is 0 Å². The number of carbonyl (C=O) groups is 1. The zero-order chi connectivity index (χ0) is 18.1. The second-order valence-electron chi connectivity index (χ2n) is 5.97. The van der Waals surface area contributed by atoms with Crippen molar-refractivity contribution in [2.45, 2.75) is 6.92 Å². The maximum atomic E-state index is 12.8. The first-order chi connectivity index (χ1) is 12.6. The first-order valence-electron chi connectivity index (χ1n) is 8.24. The number of carbonyl (C=O) groups excluding carboxylic acids is 1. The van der Waals surface area contributed by atoms with Crippen LogP contribution < -0.4 is 5.32 Å². The Kier molecular flexibility index (Phi) is 4.19. The second kappa shape index (κ2) is 6.65. The fourth-order valence-corrected chi connectivity index (χ4v) is 3.21. The molecule has 2 heterocycles. The molecule has 0 spiro atoms. The van der Waals surface area contributed by atoms with Crippen LogP contribution in [0.5, 0.6) is 0 Å². The number of aryl methyl sites for hydroxylation is 1. The van der Waals surface area contributed by atoms with E-state index >= 15 is 0 Å². The van der Waals surface area contributed by atoms with Crippen LogP contribution in [0, 0.1) is 6.92 Å². The molecule has 0 radical (unpaired) electrons. The fourth-order valence-electron chi connectivity index (χ4n) is 2.99. The summed E-state index contributed by atoms with van der Waals surface area (Å²) in [5.41, 5.74) is 3.84. The van der Waals surface area contributed by atoms with Crippen LogP contribution in [0.25, 0.3) is 16.9 Å². The SMILES string of the molecule is Cc1cccc2nc(-c3ccccc3)c(NC(=O)c3ccccc3Cl)n12. The summed E-state index contributed by atoms with van der Waals surface area (Å²) in [6.45, 7) is 1.98. The molecule has 0 saturated carbocycles. The number of hydrogen-bond acceptors (Lipinski definition) is 2. The molecule has 0 aliphatic carbocycles. The van der Waals surface area contributed by atoms with Crippen molar-refractivity contribution in [2.75, 3.05) is 5.32 Å². The number of pyridine rings is 1. The van der Waals surface area contributed by atoms with Crippen LogP contribution in [0.3, 0.4) is 0 Å². The van der Waals surface area contributed by atoms with E-state index in [1.54, 1.807) is 24.3 Å². The van der Waals surface area contributed by atoms with Crippen molar-refractivity contribution < 1.29 is 4.79 Å². The minimum absolute atomic E-state index is 0.266. The van der Waals surface area contributed by atoms with Crippen molar-refractivity contribution >= 4 is 29.0 Å². The van der Waals surface area contributed by atoms with Crippen LogP contribution in [0.1, 0.15) is 16.1 Å². The van der Waals surface area contributed by atoms with Crippen molar-refractivity contribution in [3.63, 3.8) is 0 Å². The van der Waals surface area contributed by atoms with Gasteiger partial charge in [-0.2, -0.15) is 0 Å². The molecule has 0 saturated heterocycles. The third-order valence-corrected chi connectivity index (χ3v) is 4.57. The lowest BCUT2D eigenvalue weighted by Crippen LogP contribution is -2.15. The number of imidazole rings is 1. The number of nitrogens with one attached hydrogen (secondary N) is 1. The highest BCUT2D eigenvalue weighted by molar-refractivity contribution is 6.34. The number of nitrogens with zero attached hydrogens (tertiary/aromatic N) is 2. The molecule has 0 fully saturated rings. The second-order valence-corrected chi connectivity index (χ2v) is 6.38. The van der Waals surface area contributed by atoms with Gasteiger partial charge < -0.3 is 5.32 Å². The van der Waals surface area contributed by atoms with Crippen molar-refractivity contribution in [1.82, 2.24) is 9.38 Å². The molecule has 2 aromatic heterocycles. The van der Waals surface area contributed by atoms with Gasteiger partial charge in [0.15, 0.2) is 0 Å². The van der Waals surface area contributed by atoms with E-state index in [2.05, 4.69) is 5.32 Å². The molecule has 4 rings (SSSR count). The topological polar surface area (TPSA) is 46.4 Å². The molecular weight excluding hydrogens is 346 g/mol. The van der Waals surface area contributed by atoms with Crippen LogP contribution in [0.2, 0.25) is 5.02 Å². The minimum atomic E-state index is -0.266. The average molecular weight is 362 g/mol. The van der Waals surface area contributed by atoms with Crippen LogP contribution >= 0.6 is 11.6 Å². The van der Waals surface area contributed by atoms with Gasteiger partial charge in [0, 0.05) is 11.3 Å². The van der Waals surface area contributed by atoms with Crippen LogP contribution in [0.15, 0.2) is 72.8 Å². The maximum absolute atomic E-state index is 12.8. The van der Waals surface area contributed by atoms with Gasteiger partial charge in [-0.3, -0.25) is 9.20 Å². The van der Waals surface area contributed by atoms with Gasteiger partial charge in [-0.15, -0.1) is 0 Å². The lowest BCUT2D eigenvalue weighted by Gasteiger charge is -2.10. The Labute approximate surface area is 156 Å². The summed E-state index contributed by atoms with van der Waals surface area (Å²) in [4.78, 5) is 17.6. The Hall–Kier alpha value is -3.11. The molecule has 0 aliphatic rings. The van der Waals surface area contributed by atoms with E-state index in [-0.39, 0.29) is 5.91 Å². The Bertz CT molecular complexity index is 1100. The molecular formula is C21H16ClN3O. The molecule has 2 aromatic carbocycles. The first kappa shape index (κ1) is 16.4. The minimum Gasteiger partial charge on any atom is -0.306 e. The number of halogens is 1. The molecule has 5 heteroatoms. The summed E-state index contributed by atoms with van der Waals surface area (Å²) >= 11 is 6.18. The molecule has 0 aliphatic heterocycles. The normalized spacial score (nSPS) is 10.8. The van der Waals surface area contributed by atoms with E-state index < -0.39 is 0 Å². The highest BCUT2D eigenvalue weighted by Gasteiger charge is 2.19. The van der Waals surface area contributed by atoms with Gasteiger partial charge in [0.25, 0.3) is 5.91 Å². The van der Waals surface area contributed by atoms with Crippen molar-refractivity contribution in [1.29, 1.82) is 0 Å². The lowest BCUT2D eigenvalue weighted by molar-refractivity contribution is 0.102. The van der Waals surface area contributed by atoms with E-state index in [4.69, 9.17) is 16.6 Å².